The zero-order valence-corrected chi connectivity index (χ0v) is 65.0. The topological polar surface area (TPSA) is 229 Å². The van der Waals surface area contributed by atoms with E-state index < -0.39 is 144 Å². The van der Waals surface area contributed by atoms with Gasteiger partial charge in [0.05, 0.1) is 84.7 Å². The Hall–Kier alpha value is -6.92. The number of ether oxygens (including phenoxy) is 18. The van der Waals surface area contributed by atoms with Crippen LogP contribution in [-0.4, -0.2) is 170 Å². The van der Waals surface area contributed by atoms with E-state index in [1.54, 1.807) is 19.9 Å². The van der Waals surface area contributed by atoms with Crippen LogP contribution in [0, 0.1) is 0 Å². The summed E-state index contributed by atoms with van der Waals surface area (Å²) in [6, 6.07) is 66.1. The number of amides is 1. The zero-order chi connectivity index (χ0) is 77.7. The molecule has 1 N–H and O–H groups in total. The molecule has 594 valence electrons. The molecule has 0 aliphatic carbocycles. The largest absolute Gasteiger partial charge is 0.457 e. The van der Waals surface area contributed by atoms with E-state index in [9.17, 15) is 14.4 Å². The molecule has 0 saturated carbocycles. The molecule has 5 saturated heterocycles. The number of alkyl halides is 3. The van der Waals surface area contributed by atoms with Gasteiger partial charge in [-0.1, -0.05) is 253 Å². The second-order valence-corrected chi connectivity index (χ2v) is 30.7. The van der Waals surface area contributed by atoms with E-state index >= 15 is 0 Å². The number of esters is 1. The van der Waals surface area contributed by atoms with Crippen molar-refractivity contribution in [3.63, 3.8) is 0 Å². The number of ketones is 1. The third-order valence-electron chi connectivity index (χ3n) is 19.6. The summed E-state index contributed by atoms with van der Waals surface area (Å²) >= 11 is 19.5. The predicted octanol–water partition coefficient (Wildman–Crippen LogP) is 13.3. The van der Waals surface area contributed by atoms with Crippen LogP contribution in [-0.2, 0) is 146 Å². The normalized spacial score (nSPS) is 29.3. The van der Waals surface area contributed by atoms with Crippen LogP contribution in [0.25, 0.3) is 0 Å². The lowest BCUT2D eigenvalue weighted by Crippen LogP contribution is -2.72. The minimum Gasteiger partial charge on any atom is -0.457 e. The summed E-state index contributed by atoms with van der Waals surface area (Å²) in [6.45, 7) is 12.8. The maximum Gasteiger partial charge on any atom is 0.306 e. The lowest BCUT2D eigenvalue weighted by atomic mass is 9.93. The molecule has 0 radical (unpaired) electrons. The number of rotatable bonds is 36. The van der Waals surface area contributed by atoms with Crippen molar-refractivity contribution in [1.29, 1.82) is 0 Å². The Bertz CT molecular complexity index is 3960. The molecule has 5 fully saturated rings. The number of Topliss-reactive ketones (excluding diaryl/α,β-unsaturated/α-hetero) is 1. The van der Waals surface area contributed by atoms with Gasteiger partial charge in [-0.05, 0) is 73.6 Å². The SMILES string of the molecule is C=CCO[C@@H]1O[C@@H](C)[C@H](OCc2ccccc2)[C@@H](OCc2ccccc2)[C@H]1O[C@H]1O[C@@H](C)[C@H](OCc2ccccc2)[C@@H](O[C@H]2O[C@H](COCc3ccccc3)[C@@H](OCc3ccccc3)[C@H](OCc3ccccc3)[C@H]2OCc2ccccc2)[C@H]1O[C@@H]1O[C@@H]2COC(C)(C)O[C@H]2[C@H](OC(=O)CCC(C)=O)[C@H]1NC(=O)C(Cl)(Cl)Cl. The van der Waals surface area contributed by atoms with Gasteiger partial charge in [-0.25, -0.2) is 0 Å². The van der Waals surface area contributed by atoms with Crippen molar-refractivity contribution in [2.45, 2.75) is 226 Å². The smallest absolute Gasteiger partial charge is 0.306 e. The van der Waals surface area contributed by atoms with Crippen LogP contribution < -0.4 is 5.32 Å². The molecule has 12 rings (SSSR count). The number of carbonyl (C=O) groups excluding carboxylic acids is 3. The van der Waals surface area contributed by atoms with E-state index in [0.717, 1.165) is 38.9 Å². The van der Waals surface area contributed by atoms with Gasteiger partial charge in [-0.15, -0.1) is 6.58 Å². The summed E-state index contributed by atoms with van der Waals surface area (Å²) < 4.78 is 125. The highest BCUT2D eigenvalue weighted by Crippen LogP contribution is 2.43. The van der Waals surface area contributed by atoms with E-state index in [2.05, 4.69) is 11.9 Å². The molecule has 7 aromatic rings. The first-order chi connectivity index (χ1) is 53.8. The average Bonchev–Trinajstić information content (AvgIpc) is 0.751. The van der Waals surface area contributed by atoms with Crippen LogP contribution >= 0.6 is 34.8 Å². The van der Waals surface area contributed by atoms with Crippen molar-refractivity contribution < 1.29 is 99.6 Å². The number of hydrogen-bond acceptors (Lipinski definition) is 21. The summed E-state index contributed by atoms with van der Waals surface area (Å²) in [4.78, 5) is 41.5. The van der Waals surface area contributed by atoms with Gasteiger partial charge in [-0.3, -0.25) is 9.59 Å². The summed E-state index contributed by atoms with van der Waals surface area (Å²) in [5.41, 5.74) is 5.94. The average molecular weight is 1590 g/mol. The molecule has 0 aromatic heterocycles. The molecule has 0 spiro atoms. The number of hydrogen-bond donors (Lipinski definition) is 1. The number of benzene rings is 7. The van der Waals surface area contributed by atoms with Crippen LogP contribution in [0.5, 0.6) is 0 Å². The number of nitrogens with one attached hydrogen (secondary N) is 1. The summed E-state index contributed by atoms with van der Waals surface area (Å²) in [5.74, 6) is -3.60. The summed E-state index contributed by atoms with van der Waals surface area (Å²) in [5, 5.41) is 2.81. The fourth-order valence-electron chi connectivity index (χ4n) is 14.0. The molecule has 0 bridgehead atoms. The highest BCUT2D eigenvalue weighted by Gasteiger charge is 2.61. The van der Waals surface area contributed by atoms with Gasteiger partial charge < -0.3 is 95.4 Å². The number of halogens is 3. The molecule has 5 aliphatic heterocycles. The van der Waals surface area contributed by atoms with Gasteiger partial charge in [0.25, 0.3) is 9.70 Å². The molecule has 0 unspecified atom stereocenters. The lowest BCUT2D eigenvalue weighted by Gasteiger charge is -2.54. The first-order valence-electron chi connectivity index (χ1n) is 37.6. The lowest BCUT2D eigenvalue weighted by molar-refractivity contribution is -0.417. The van der Waals surface area contributed by atoms with Crippen molar-refractivity contribution in [2.24, 2.45) is 0 Å². The van der Waals surface area contributed by atoms with Gasteiger partial charge in [0, 0.05) is 6.42 Å². The molecule has 111 heavy (non-hydrogen) atoms. The first kappa shape index (κ1) is 83.5. The van der Waals surface area contributed by atoms with Gasteiger partial charge >= 0.3 is 5.97 Å². The second kappa shape index (κ2) is 40.9. The number of carbonyl (C=O) groups is 3. The molecule has 5 aliphatic rings. The van der Waals surface area contributed by atoms with Gasteiger partial charge in [0.2, 0.25) is 0 Å². The molecule has 5 heterocycles. The maximum absolute atomic E-state index is 14.6. The van der Waals surface area contributed by atoms with Gasteiger partial charge in [-0.2, -0.15) is 0 Å². The van der Waals surface area contributed by atoms with Crippen molar-refractivity contribution in [3.05, 3.63) is 264 Å². The highest BCUT2D eigenvalue weighted by atomic mass is 35.6. The molecule has 1 amide bonds. The van der Waals surface area contributed by atoms with E-state index in [4.69, 9.17) is 120 Å². The van der Waals surface area contributed by atoms with Gasteiger partial charge in [0.1, 0.15) is 85.1 Å². The van der Waals surface area contributed by atoms with Crippen LogP contribution in [0.2, 0.25) is 0 Å². The van der Waals surface area contributed by atoms with Gasteiger partial charge in [0.15, 0.2) is 37.1 Å². The van der Waals surface area contributed by atoms with Crippen LogP contribution in [0.15, 0.2) is 225 Å². The number of fused-ring (bicyclic) bond motifs is 1. The Labute approximate surface area is 663 Å². The first-order valence-corrected chi connectivity index (χ1v) is 38.7. The molecule has 20 atom stereocenters. The van der Waals surface area contributed by atoms with Crippen molar-refractivity contribution in [1.82, 2.24) is 5.32 Å². The Balaban J connectivity index is 1.04. The Morgan fingerprint density at radius 3 is 1.31 bits per heavy atom. The van der Waals surface area contributed by atoms with Crippen LogP contribution in [0.4, 0.5) is 0 Å². The third-order valence-corrected chi connectivity index (χ3v) is 20.1. The monoisotopic (exact) mass is 1590 g/mol. The molecular formula is C86H98Cl3NO21. The third kappa shape index (κ3) is 23.6. The standard InChI is InChI=1S/C86H98Cl3NO21/c1-7-45-95-81-78(74(99-50-62-37-23-12-24-38-62)69(56(3)103-81)96-47-59-31-17-9-18-32-59)110-83-79(109-80-68(90-84(93)86(87,88)89)73(107-67(92)44-43-55(2)91)72-66(105-80)54-102-85(5,6)111-72)76(70(57(4)104-83)97-48-60-33-19-10-20-34-60)108-82-77(101-52-64-41-27-14-28-42-64)75(100-51-63-39-25-13-26-40-63)71(98-49-61-35-21-11-22-36-61)65(106-82)53-94-46-58-29-15-8-16-30-58/h7-42,56-57,65-66,68-83H,1,43-54H2,2-6H3,(H,90,93)/t56-,57-,65+,66+,68+,69-,70-,71+,72+,73+,74+,75-,76+,77+,78+,79+,80-,81+,82+,83+/m0/s1. The van der Waals surface area contributed by atoms with Crippen LogP contribution in [0.1, 0.15) is 86.4 Å². The Kier molecular flexibility index (Phi) is 30.8. The molecule has 22 nitrogen and oxygen atoms in total. The Morgan fingerprint density at radius 2 is 0.847 bits per heavy atom. The molecular weight excluding hydrogens is 1490 g/mol. The molecule has 7 aromatic carbocycles. The van der Waals surface area contributed by atoms with E-state index in [0.29, 0.717) is 0 Å². The van der Waals surface area contributed by atoms with Crippen molar-refractivity contribution >= 4 is 52.5 Å². The summed E-state index contributed by atoms with van der Waals surface area (Å²) in [6.07, 6.45) is -22.4. The second-order valence-electron chi connectivity index (χ2n) is 28.4. The summed E-state index contributed by atoms with van der Waals surface area (Å²) in [7, 11) is 0. The quantitative estimate of drug-likeness (QED) is 0.0219. The fourth-order valence-corrected chi connectivity index (χ4v) is 14.2. The minimum absolute atomic E-state index is 0.0129. The Morgan fingerprint density at radius 1 is 0.459 bits per heavy atom. The van der Waals surface area contributed by atoms with Crippen molar-refractivity contribution in [2.75, 3.05) is 19.8 Å². The highest BCUT2D eigenvalue weighted by molar-refractivity contribution is 6.76. The van der Waals surface area contributed by atoms with Crippen LogP contribution in [0.3, 0.4) is 0 Å². The van der Waals surface area contributed by atoms with E-state index in [1.807, 2.05) is 226 Å². The van der Waals surface area contributed by atoms with E-state index in [-0.39, 0.29) is 84.7 Å². The minimum atomic E-state index is -2.64. The van der Waals surface area contributed by atoms with E-state index in [1.165, 1.54) is 6.92 Å². The zero-order valence-electron chi connectivity index (χ0n) is 62.7. The maximum atomic E-state index is 14.6. The predicted molar refractivity (Wildman–Crippen MR) is 410 cm³/mol. The molecule has 25 heteroatoms. The fraction of sp³-hybridized carbons (Fsp3) is 0.453. The van der Waals surface area contributed by atoms with Crippen molar-refractivity contribution in [3.8, 4) is 0 Å².